The summed E-state index contributed by atoms with van der Waals surface area (Å²) in [5, 5.41) is 0.234. The normalized spacial score (nSPS) is 14.9. The fourth-order valence-corrected chi connectivity index (χ4v) is 3.11. The van der Waals surface area contributed by atoms with Gasteiger partial charge in [-0.1, -0.05) is 0 Å². The Morgan fingerprint density at radius 2 is 1.84 bits per heavy atom. The highest BCUT2D eigenvalue weighted by atomic mass is 32.1. The number of benzene rings is 1. The first kappa shape index (κ1) is 12.6. The Bertz CT molecular complexity index is 612. The molecule has 0 bridgehead atoms. The van der Waals surface area contributed by atoms with Gasteiger partial charge in [-0.2, -0.15) is 0 Å². The van der Waals surface area contributed by atoms with Crippen LogP contribution in [-0.4, -0.2) is 4.98 Å². The molecule has 0 atom stereocenters. The lowest BCUT2D eigenvalue weighted by Crippen LogP contribution is -1.97. The summed E-state index contributed by atoms with van der Waals surface area (Å²) in [5.74, 6) is -2.44. The number of nitrogens with zero attached hydrogens (tertiary/aromatic N) is 1. The van der Waals surface area contributed by atoms with Gasteiger partial charge in [0.05, 0.1) is 11.3 Å². The first-order valence-corrected chi connectivity index (χ1v) is 6.76. The number of halogens is 3. The number of thiazole rings is 1. The zero-order chi connectivity index (χ0) is 13.6. The van der Waals surface area contributed by atoms with Crippen LogP contribution in [-0.2, 0) is 6.54 Å². The van der Waals surface area contributed by atoms with Gasteiger partial charge in [0.2, 0.25) is 0 Å². The molecule has 0 spiro atoms. The zero-order valence-electron chi connectivity index (χ0n) is 9.92. The number of nitrogens with two attached hydrogens (primary N) is 1. The first-order valence-electron chi connectivity index (χ1n) is 5.94. The molecule has 1 saturated carbocycles. The predicted octanol–water partition coefficient (Wildman–Crippen LogP) is 3.56. The van der Waals surface area contributed by atoms with Crippen molar-refractivity contribution in [3.63, 3.8) is 0 Å². The van der Waals surface area contributed by atoms with Crippen LogP contribution in [0.5, 0.6) is 0 Å². The minimum atomic E-state index is -0.934. The number of hydrogen-bond acceptors (Lipinski definition) is 3. The molecule has 1 aliphatic carbocycles. The lowest BCUT2D eigenvalue weighted by molar-refractivity contribution is 0.548. The summed E-state index contributed by atoms with van der Waals surface area (Å²) in [6, 6.07) is 1.33. The summed E-state index contributed by atoms with van der Waals surface area (Å²) < 4.78 is 40.3. The van der Waals surface area contributed by atoms with Crippen molar-refractivity contribution in [1.29, 1.82) is 0 Å². The molecule has 1 aliphatic rings. The van der Waals surface area contributed by atoms with E-state index >= 15 is 0 Å². The van der Waals surface area contributed by atoms with Crippen LogP contribution >= 0.6 is 11.3 Å². The largest absolute Gasteiger partial charge is 0.326 e. The van der Waals surface area contributed by atoms with Crippen LogP contribution < -0.4 is 5.73 Å². The molecule has 0 radical (unpaired) electrons. The first-order chi connectivity index (χ1) is 9.10. The SMILES string of the molecule is NCc1sc(-c2c(F)cc(F)cc2F)nc1C1CC1. The van der Waals surface area contributed by atoms with Crippen LogP contribution in [0.4, 0.5) is 13.2 Å². The third kappa shape index (κ3) is 2.26. The summed E-state index contributed by atoms with van der Waals surface area (Å²) in [4.78, 5) is 5.15. The molecule has 2 N–H and O–H groups in total. The molecule has 6 heteroatoms. The predicted molar refractivity (Wildman–Crippen MR) is 67.3 cm³/mol. The average molecular weight is 284 g/mol. The third-order valence-electron chi connectivity index (χ3n) is 3.10. The fraction of sp³-hybridized carbons (Fsp3) is 0.308. The minimum absolute atomic E-state index is 0.234. The minimum Gasteiger partial charge on any atom is -0.326 e. The second-order valence-electron chi connectivity index (χ2n) is 4.55. The number of rotatable bonds is 3. The average Bonchev–Trinajstić information content (AvgIpc) is 3.09. The Kier molecular flexibility index (Phi) is 3.06. The van der Waals surface area contributed by atoms with Crippen LogP contribution in [0, 0.1) is 17.5 Å². The Morgan fingerprint density at radius 3 is 2.37 bits per heavy atom. The van der Waals surface area contributed by atoms with E-state index in [1.54, 1.807) is 0 Å². The summed E-state index contributed by atoms with van der Waals surface area (Å²) >= 11 is 1.18. The van der Waals surface area contributed by atoms with Gasteiger partial charge >= 0.3 is 0 Å². The van der Waals surface area contributed by atoms with Crippen molar-refractivity contribution in [3.8, 4) is 10.6 Å². The third-order valence-corrected chi connectivity index (χ3v) is 4.21. The second kappa shape index (κ2) is 4.61. The summed E-state index contributed by atoms with van der Waals surface area (Å²) in [6.07, 6.45) is 2.06. The van der Waals surface area contributed by atoms with Gasteiger partial charge in [-0.25, -0.2) is 18.2 Å². The maximum Gasteiger partial charge on any atom is 0.139 e. The fourth-order valence-electron chi connectivity index (χ4n) is 2.04. The molecule has 1 aromatic heterocycles. The van der Waals surface area contributed by atoms with Gasteiger partial charge in [-0.05, 0) is 12.8 Å². The van der Waals surface area contributed by atoms with E-state index in [-0.39, 0.29) is 10.6 Å². The molecule has 2 aromatic rings. The van der Waals surface area contributed by atoms with E-state index in [1.807, 2.05) is 0 Å². The van der Waals surface area contributed by atoms with Gasteiger partial charge in [-0.3, -0.25) is 0 Å². The van der Waals surface area contributed by atoms with Gasteiger partial charge in [-0.15, -0.1) is 11.3 Å². The molecule has 19 heavy (non-hydrogen) atoms. The van der Waals surface area contributed by atoms with Crippen molar-refractivity contribution in [2.75, 3.05) is 0 Å². The summed E-state index contributed by atoms with van der Waals surface area (Å²) in [7, 11) is 0. The second-order valence-corrected chi connectivity index (χ2v) is 5.63. The molecule has 0 amide bonds. The van der Waals surface area contributed by atoms with Crippen molar-refractivity contribution < 1.29 is 13.2 Å². The molecule has 1 aromatic carbocycles. The Labute approximate surface area is 112 Å². The molecular weight excluding hydrogens is 273 g/mol. The lowest BCUT2D eigenvalue weighted by Gasteiger charge is -2.01. The van der Waals surface area contributed by atoms with E-state index in [4.69, 9.17) is 5.73 Å². The summed E-state index contributed by atoms with van der Waals surface area (Å²) in [5.41, 5.74) is 6.20. The van der Waals surface area contributed by atoms with E-state index in [0.717, 1.165) is 23.4 Å². The smallest absolute Gasteiger partial charge is 0.139 e. The Hall–Kier alpha value is -1.40. The van der Waals surface area contributed by atoms with Crippen molar-refractivity contribution in [2.24, 2.45) is 5.73 Å². The highest BCUT2D eigenvalue weighted by molar-refractivity contribution is 7.15. The van der Waals surface area contributed by atoms with Crippen LogP contribution in [0.25, 0.3) is 10.6 Å². The van der Waals surface area contributed by atoms with Crippen LogP contribution in [0.2, 0.25) is 0 Å². The highest BCUT2D eigenvalue weighted by Crippen LogP contribution is 2.44. The topological polar surface area (TPSA) is 38.9 Å². The molecule has 1 fully saturated rings. The quantitative estimate of drug-likeness (QED) is 0.936. The van der Waals surface area contributed by atoms with E-state index in [9.17, 15) is 13.2 Å². The molecular formula is C13H11F3N2S. The number of hydrogen-bond donors (Lipinski definition) is 1. The zero-order valence-corrected chi connectivity index (χ0v) is 10.7. The van der Waals surface area contributed by atoms with Gasteiger partial charge in [0.25, 0.3) is 0 Å². The van der Waals surface area contributed by atoms with Crippen molar-refractivity contribution in [2.45, 2.75) is 25.3 Å². The van der Waals surface area contributed by atoms with E-state index in [2.05, 4.69) is 4.98 Å². The lowest BCUT2D eigenvalue weighted by atomic mass is 10.2. The van der Waals surface area contributed by atoms with E-state index < -0.39 is 17.5 Å². The van der Waals surface area contributed by atoms with Crippen LogP contribution in [0.3, 0.4) is 0 Å². The van der Waals surface area contributed by atoms with Crippen LogP contribution in [0.15, 0.2) is 12.1 Å². The standard InChI is InChI=1S/C13H11F3N2S/c14-7-3-8(15)11(9(16)4-7)13-18-12(6-1-2-6)10(5-17)19-13/h3-4,6H,1-2,5,17H2. The molecule has 0 aliphatic heterocycles. The van der Waals surface area contributed by atoms with Crippen molar-refractivity contribution >= 4 is 11.3 Å². The maximum absolute atomic E-state index is 13.7. The molecule has 3 rings (SSSR count). The monoisotopic (exact) mass is 284 g/mol. The van der Waals surface area contributed by atoms with Gasteiger partial charge in [0.15, 0.2) is 0 Å². The Morgan fingerprint density at radius 1 is 1.21 bits per heavy atom. The van der Waals surface area contributed by atoms with Gasteiger partial charge in [0.1, 0.15) is 22.5 Å². The summed E-state index contributed by atoms with van der Waals surface area (Å²) in [6.45, 7) is 0.300. The van der Waals surface area contributed by atoms with Gasteiger partial charge in [0, 0.05) is 29.5 Å². The molecule has 0 saturated heterocycles. The molecule has 1 heterocycles. The highest BCUT2D eigenvalue weighted by Gasteiger charge is 2.30. The van der Waals surface area contributed by atoms with E-state index in [1.165, 1.54) is 11.3 Å². The van der Waals surface area contributed by atoms with Gasteiger partial charge < -0.3 is 5.73 Å². The number of aromatic nitrogens is 1. The van der Waals surface area contributed by atoms with Crippen molar-refractivity contribution in [3.05, 3.63) is 40.2 Å². The molecule has 2 nitrogen and oxygen atoms in total. The van der Waals surface area contributed by atoms with E-state index in [0.29, 0.717) is 24.6 Å². The van der Waals surface area contributed by atoms with Crippen molar-refractivity contribution in [1.82, 2.24) is 4.98 Å². The van der Waals surface area contributed by atoms with Crippen LogP contribution in [0.1, 0.15) is 29.3 Å². The molecule has 100 valence electrons. The Balaban J connectivity index is 2.12. The molecule has 0 unspecified atom stereocenters. The maximum atomic E-state index is 13.7.